The number of aliphatic hydroxyl groups is 1. The predicted octanol–water partition coefficient (Wildman–Crippen LogP) is 1.32. The summed E-state index contributed by atoms with van der Waals surface area (Å²) < 4.78 is 10.4. The zero-order valence-electron chi connectivity index (χ0n) is 11.0. The van der Waals surface area contributed by atoms with Crippen LogP contribution in [0.5, 0.6) is 0 Å². The lowest BCUT2D eigenvalue weighted by Gasteiger charge is -2.32. The van der Waals surface area contributed by atoms with Crippen molar-refractivity contribution in [3.05, 3.63) is 0 Å². The van der Waals surface area contributed by atoms with Gasteiger partial charge in [0.05, 0.1) is 12.2 Å². The Morgan fingerprint density at radius 2 is 1.88 bits per heavy atom. The third-order valence-corrected chi connectivity index (χ3v) is 3.30. The highest BCUT2D eigenvalue weighted by Gasteiger charge is 2.28. The van der Waals surface area contributed by atoms with Gasteiger partial charge in [-0.05, 0) is 19.3 Å². The van der Waals surface area contributed by atoms with E-state index in [0.29, 0.717) is 13.2 Å². The van der Waals surface area contributed by atoms with Crippen LogP contribution in [-0.2, 0) is 9.47 Å². The topological polar surface area (TPSA) is 50.7 Å². The quantitative estimate of drug-likeness (QED) is 0.602. The van der Waals surface area contributed by atoms with E-state index in [1.807, 2.05) is 0 Å². The van der Waals surface area contributed by atoms with E-state index in [4.69, 9.17) is 9.47 Å². The Morgan fingerprint density at radius 3 is 2.59 bits per heavy atom. The molecule has 0 spiro atoms. The van der Waals surface area contributed by atoms with E-state index >= 15 is 0 Å². The summed E-state index contributed by atoms with van der Waals surface area (Å²) in [6.45, 7) is 3.73. The maximum Gasteiger partial charge on any atom is 0.0771 e. The summed E-state index contributed by atoms with van der Waals surface area (Å²) in [4.78, 5) is 0. The van der Waals surface area contributed by atoms with Crippen LogP contribution >= 0.6 is 0 Å². The Kier molecular flexibility index (Phi) is 7.77. The number of hydrogen-bond donors (Lipinski definition) is 2. The van der Waals surface area contributed by atoms with Crippen molar-refractivity contribution in [2.24, 2.45) is 0 Å². The van der Waals surface area contributed by atoms with E-state index in [2.05, 4.69) is 5.32 Å². The van der Waals surface area contributed by atoms with Crippen molar-refractivity contribution in [3.8, 4) is 0 Å². The van der Waals surface area contributed by atoms with Gasteiger partial charge in [-0.15, -0.1) is 0 Å². The summed E-state index contributed by atoms with van der Waals surface area (Å²) in [6.07, 6.45) is 6.41. The Bertz CT molecular complexity index is 182. The fourth-order valence-electron chi connectivity index (χ4n) is 2.26. The van der Waals surface area contributed by atoms with Gasteiger partial charge in [-0.25, -0.2) is 0 Å². The molecule has 1 saturated carbocycles. The lowest BCUT2D eigenvalue weighted by atomic mass is 9.85. The third-order valence-electron chi connectivity index (χ3n) is 3.30. The zero-order chi connectivity index (χ0) is 12.4. The normalized spacial score (nSPS) is 19.4. The summed E-state index contributed by atoms with van der Waals surface area (Å²) >= 11 is 0. The van der Waals surface area contributed by atoms with E-state index in [0.717, 1.165) is 51.9 Å². The molecule has 4 heteroatoms. The van der Waals surface area contributed by atoms with Crippen LogP contribution in [0.15, 0.2) is 0 Å². The molecule has 0 aromatic heterocycles. The molecule has 1 aliphatic rings. The van der Waals surface area contributed by atoms with E-state index in [1.54, 1.807) is 7.11 Å². The summed E-state index contributed by atoms with van der Waals surface area (Å²) in [5, 5.41) is 13.5. The van der Waals surface area contributed by atoms with E-state index in [9.17, 15) is 5.11 Å². The van der Waals surface area contributed by atoms with Gasteiger partial charge in [0.15, 0.2) is 0 Å². The number of nitrogens with one attached hydrogen (secondary N) is 1. The first-order valence-electron chi connectivity index (χ1n) is 6.77. The van der Waals surface area contributed by atoms with Gasteiger partial charge >= 0.3 is 0 Å². The second kappa shape index (κ2) is 8.86. The van der Waals surface area contributed by atoms with Crippen molar-refractivity contribution >= 4 is 0 Å². The Labute approximate surface area is 105 Å². The Morgan fingerprint density at radius 1 is 1.12 bits per heavy atom. The highest BCUT2D eigenvalue weighted by atomic mass is 16.5. The van der Waals surface area contributed by atoms with Crippen LogP contribution < -0.4 is 5.32 Å². The van der Waals surface area contributed by atoms with Crippen LogP contribution in [0.25, 0.3) is 0 Å². The van der Waals surface area contributed by atoms with Crippen LogP contribution in [0.4, 0.5) is 0 Å². The lowest BCUT2D eigenvalue weighted by molar-refractivity contribution is 0.00325. The number of methoxy groups -OCH3 is 1. The van der Waals surface area contributed by atoms with Crippen molar-refractivity contribution < 1.29 is 14.6 Å². The van der Waals surface area contributed by atoms with Crippen LogP contribution in [0.2, 0.25) is 0 Å². The second-order valence-electron chi connectivity index (χ2n) is 4.92. The Balaban J connectivity index is 1.89. The van der Waals surface area contributed by atoms with Crippen molar-refractivity contribution in [3.63, 3.8) is 0 Å². The van der Waals surface area contributed by atoms with Crippen LogP contribution in [-0.4, -0.2) is 50.7 Å². The molecule has 1 rings (SSSR count). The summed E-state index contributed by atoms with van der Waals surface area (Å²) in [6, 6.07) is 0. The van der Waals surface area contributed by atoms with Crippen LogP contribution in [0, 0.1) is 0 Å². The van der Waals surface area contributed by atoms with E-state index in [-0.39, 0.29) is 0 Å². The molecule has 0 heterocycles. The zero-order valence-corrected chi connectivity index (χ0v) is 11.0. The molecule has 2 N–H and O–H groups in total. The average molecular weight is 245 g/mol. The minimum Gasteiger partial charge on any atom is -0.389 e. The number of ether oxygens (including phenoxy) is 2. The molecule has 0 aromatic rings. The first kappa shape index (κ1) is 14.9. The molecule has 0 amide bonds. The summed E-state index contributed by atoms with van der Waals surface area (Å²) in [7, 11) is 1.70. The minimum atomic E-state index is -0.464. The standard InChI is InChI=1S/C13H27NO3/c1-16-9-5-10-17-11-8-14-12-13(15)6-3-2-4-7-13/h14-15H,2-12H2,1H3. The molecule has 1 aliphatic carbocycles. The van der Waals surface area contributed by atoms with E-state index in [1.165, 1.54) is 6.42 Å². The SMILES string of the molecule is COCCCOCCNCC1(O)CCCCC1. The molecular weight excluding hydrogens is 218 g/mol. The van der Waals surface area contributed by atoms with Crippen LogP contribution in [0.3, 0.4) is 0 Å². The molecule has 1 fully saturated rings. The van der Waals surface area contributed by atoms with Crippen LogP contribution in [0.1, 0.15) is 38.5 Å². The average Bonchev–Trinajstić information content (AvgIpc) is 2.33. The molecule has 0 saturated heterocycles. The van der Waals surface area contributed by atoms with Gasteiger partial charge in [0.1, 0.15) is 0 Å². The maximum absolute atomic E-state index is 10.2. The van der Waals surface area contributed by atoms with E-state index < -0.39 is 5.60 Å². The summed E-state index contributed by atoms with van der Waals surface area (Å²) in [5.41, 5.74) is -0.464. The predicted molar refractivity (Wildman–Crippen MR) is 68.2 cm³/mol. The molecule has 0 atom stereocenters. The monoisotopic (exact) mass is 245 g/mol. The molecule has 0 bridgehead atoms. The summed E-state index contributed by atoms with van der Waals surface area (Å²) in [5.74, 6) is 0. The fraction of sp³-hybridized carbons (Fsp3) is 1.00. The van der Waals surface area contributed by atoms with Gasteiger partial charge in [-0.2, -0.15) is 0 Å². The highest BCUT2D eigenvalue weighted by molar-refractivity contribution is 4.84. The first-order valence-corrected chi connectivity index (χ1v) is 6.77. The molecule has 102 valence electrons. The van der Waals surface area contributed by atoms with Crippen molar-refractivity contribution in [1.82, 2.24) is 5.32 Å². The third kappa shape index (κ3) is 6.99. The first-order chi connectivity index (χ1) is 8.27. The number of rotatable bonds is 9. The highest BCUT2D eigenvalue weighted by Crippen LogP contribution is 2.27. The molecule has 4 nitrogen and oxygen atoms in total. The van der Waals surface area contributed by atoms with Gasteiger partial charge in [0.25, 0.3) is 0 Å². The number of hydrogen-bond acceptors (Lipinski definition) is 4. The second-order valence-corrected chi connectivity index (χ2v) is 4.92. The fourth-order valence-corrected chi connectivity index (χ4v) is 2.26. The molecular formula is C13H27NO3. The van der Waals surface area contributed by atoms with Crippen molar-refractivity contribution in [2.75, 3.05) is 40.0 Å². The lowest BCUT2D eigenvalue weighted by Crippen LogP contribution is -2.43. The van der Waals surface area contributed by atoms with Gasteiger partial charge in [-0.3, -0.25) is 0 Å². The molecule has 0 aliphatic heterocycles. The van der Waals surface area contributed by atoms with Crippen molar-refractivity contribution in [1.29, 1.82) is 0 Å². The van der Waals surface area contributed by atoms with Gasteiger partial charge in [0, 0.05) is 33.4 Å². The van der Waals surface area contributed by atoms with Gasteiger partial charge < -0.3 is 19.9 Å². The van der Waals surface area contributed by atoms with Gasteiger partial charge in [-0.1, -0.05) is 19.3 Å². The Hall–Kier alpha value is -0.160. The molecule has 0 unspecified atom stereocenters. The molecule has 0 radical (unpaired) electrons. The maximum atomic E-state index is 10.2. The minimum absolute atomic E-state index is 0.464. The smallest absolute Gasteiger partial charge is 0.0771 e. The molecule has 17 heavy (non-hydrogen) atoms. The van der Waals surface area contributed by atoms with Crippen molar-refractivity contribution in [2.45, 2.75) is 44.1 Å². The largest absolute Gasteiger partial charge is 0.389 e. The molecule has 0 aromatic carbocycles. The van der Waals surface area contributed by atoms with Gasteiger partial charge in [0.2, 0.25) is 0 Å².